The molecule has 0 aromatic heterocycles. The Morgan fingerprint density at radius 1 is 1.17 bits per heavy atom. The molecular weight excluding hydrogens is 281 g/mol. The molecule has 5 nitrogen and oxygen atoms in total. The minimum absolute atomic E-state index is 0.367. The van der Waals surface area contributed by atoms with Crippen LogP contribution in [-0.2, 0) is 9.59 Å². The fraction of sp³-hybridized carbons (Fsp3) is 0.273. The monoisotopic (exact) mass is 291 g/mol. The second-order valence-electron chi connectivity index (χ2n) is 3.48. The predicted octanol–water partition coefficient (Wildman–Crippen LogP) is 1.09. The molecule has 0 saturated heterocycles. The van der Waals surface area contributed by atoms with E-state index in [1.165, 1.54) is 0 Å². The standard InChI is InChI=1S/C11H11Cl2NO4/c12-9(13)10(16)14-7(11(17)18)8(15)6-4-2-1-3-5-6/h1-5,7-9,15H,(H,14,16)(H,17,18)/t7-,8-/m1/s1. The van der Waals surface area contributed by atoms with Crippen LogP contribution in [-0.4, -0.2) is 33.0 Å². The van der Waals surface area contributed by atoms with E-state index in [2.05, 4.69) is 5.32 Å². The van der Waals surface area contributed by atoms with Crippen LogP contribution in [0.3, 0.4) is 0 Å². The number of aliphatic hydroxyl groups excluding tert-OH is 1. The van der Waals surface area contributed by atoms with E-state index in [1.807, 2.05) is 0 Å². The molecule has 1 aromatic rings. The van der Waals surface area contributed by atoms with Gasteiger partial charge < -0.3 is 15.5 Å². The topological polar surface area (TPSA) is 86.6 Å². The zero-order chi connectivity index (χ0) is 13.7. The van der Waals surface area contributed by atoms with Gasteiger partial charge in [0.1, 0.15) is 6.10 Å². The van der Waals surface area contributed by atoms with Gasteiger partial charge in [-0.15, -0.1) is 0 Å². The number of carboxylic acids is 1. The Balaban J connectivity index is 2.86. The molecule has 0 bridgehead atoms. The molecule has 1 amide bonds. The molecule has 3 N–H and O–H groups in total. The van der Waals surface area contributed by atoms with Gasteiger partial charge in [0.05, 0.1) is 0 Å². The lowest BCUT2D eigenvalue weighted by Crippen LogP contribution is -2.46. The third-order valence-corrected chi connectivity index (χ3v) is 2.62. The first-order valence-corrected chi connectivity index (χ1v) is 5.85. The van der Waals surface area contributed by atoms with E-state index in [0.29, 0.717) is 5.56 Å². The molecule has 7 heteroatoms. The summed E-state index contributed by atoms with van der Waals surface area (Å²) < 4.78 is 0. The summed E-state index contributed by atoms with van der Waals surface area (Å²) >= 11 is 10.6. The molecule has 0 unspecified atom stereocenters. The Kier molecular flexibility index (Phi) is 5.40. The minimum Gasteiger partial charge on any atom is -0.480 e. The molecular formula is C11H11Cl2NO4. The molecule has 1 rings (SSSR count). The van der Waals surface area contributed by atoms with Gasteiger partial charge >= 0.3 is 5.97 Å². The third-order valence-electron chi connectivity index (χ3n) is 2.22. The van der Waals surface area contributed by atoms with Crippen LogP contribution in [0, 0.1) is 0 Å². The van der Waals surface area contributed by atoms with Crippen molar-refractivity contribution in [1.29, 1.82) is 0 Å². The Hall–Kier alpha value is -1.30. The molecule has 0 saturated carbocycles. The SMILES string of the molecule is O=C(N[C@@H](C(=O)O)[C@H](O)c1ccccc1)C(Cl)Cl. The number of alkyl halides is 2. The maximum atomic E-state index is 11.2. The van der Waals surface area contributed by atoms with E-state index in [9.17, 15) is 14.7 Å². The number of carboxylic acid groups (broad SMARTS) is 1. The third kappa shape index (κ3) is 3.87. The van der Waals surface area contributed by atoms with E-state index in [1.54, 1.807) is 30.3 Å². The molecule has 0 heterocycles. The molecule has 2 atom stereocenters. The van der Waals surface area contributed by atoms with Gasteiger partial charge in [0, 0.05) is 0 Å². The van der Waals surface area contributed by atoms with Gasteiger partial charge in [-0.1, -0.05) is 53.5 Å². The van der Waals surface area contributed by atoms with Gasteiger partial charge in [0.15, 0.2) is 10.9 Å². The van der Waals surface area contributed by atoms with Crippen LogP contribution in [0.15, 0.2) is 30.3 Å². The van der Waals surface area contributed by atoms with Crippen molar-refractivity contribution < 1.29 is 19.8 Å². The van der Waals surface area contributed by atoms with E-state index < -0.39 is 28.9 Å². The Labute approximate surface area is 113 Å². The second kappa shape index (κ2) is 6.58. The predicted molar refractivity (Wildman–Crippen MR) is 66.5 cm³/mol. The van der Waals surface area contributed by atoms with Crippen molar-refractivity contribution in [3.05, 3.63) is 35.9 Å². The summed E-state index contributed by atoms with van der Waals surface area (Å²) in [4.78, 5) is 20.9. The summed E-state index contributed by atoms with van der Waals surface area (Å²) in [6.07, 6.45) is -1.39. The number of aliphatic carboxylic acids is 1. The maximum Gasteiger partial charge on any atom is 0.329 e. The average molecular weight is 292 g/mol. The summed E-state index contributed by atoms with van der Waals surface area (Å²) in [5.41, 5.74) is 0.367. The molecule has 0 radical (unpaired) electrons. The van der Waals surface area contributed by atoms with Crippen molar-refractivity contribution >= 4 is 35.1 Å². The highest BCUT2D eigenvalue weighted by atomic mass is 35.5. The van der Waals surface area contributed by atoms with Gasteiger partial charge in [-0.05, 0) is 5.56 Å². The van der Waals surface area contributed by atoms with Crippen LogP contribution >= 0.6 is 23.2 Å². The first kappa shape index (κ1) is 14.8. The number of carbonyl (C=O) groups excluding carboxylic acids is 1. The summed E-state index contributed by atoms with van der Waals surface area (Å²) in [7, 11) is 0. The molecule has 0 aliphatic rings. The number of aliphatic hydroxyl groups is 1. The Morgan fingerprint density at radius 2 is 1.72 bits per heavy atom. The number of benzene rings is 1. The normalized spacial score (nSPS) is 14.0. The largest absolute Gasteiger partial charge is 0.480 e. The second-order valence-corrected chi connectivity index (χ2v) is 4.58. The number of halogens is 2. The van der Waals surface area contributed by atoms with Crippen molar-refractivity contribution in [3.63, 3.8) is 0 Å². The van der Waals surface area contributed by atoms with Gasteiger partial charge in [-0.2, -0.15) is 0 Å². The maximum absolute atomic E-state index is 11.2. The Bertz CT molecular complexity index is 424. The molecule has 0 aliphatic carbocycles. The zero-order valence-electron chi connectivity index (χ0n) is 9.09. The van der Waals surface area contributed by atoms with Crippen molar-refractivity contribution in [3.8, 4) is 0 Å². The van der Waals surface area contributed by atoms with Crippen LogP contribution in [0.5, 0.6) is 0 Å². The summed E-state index contributed by atoms with van der Waals surface area (Å²) in [6.45, 7) is 0. The van der Waals surface area contributed by atoms with E-state index >= 15 is 0 Å². The molecule has 18 heavy (non-hydrogen) atoms. The lowest BCUT2D eigenvalue weighted by molar-refractivity contribution is -0.145. The molecule has 0 spiro atoms. The van der Waals surface area contributed by atoms with Crippen LogP contribution in [0.2, 0.25) is 0 Å². The number of amides is 1. The van der Waals surface area contributed by atoms with Crippen LogP contribution in [0.25, 0.3) is 0 Å². The Morgan fingerprint density at radius 3 is 2.17 bits per heavy atom. The first-order chi connectivity index (χ1) is 8.43. The highest BCUT2D eigenvalue weighted by Gasteiger charge is 2.30. The smallest absolute Gasteiger partial charge is 0.329 e. The molecule has 0 aliphatic heterocycles. The summed E-state index contributed by atoms with van der Waals surface area (Å²) in [5, 5.41) is 20.9. The van der Waals surface area contributed by atoms with Crippen molar-refractivity contribution in [2.24, 2.45) is 0 Å². The minimum atomic E-state index is -1.51. The fourth-order valence-corrected chi connectivity index (χ4v) is 1.46. The quantitative estimate of drug-likeness (QED) is 0.709. The van der Waals surface area contributed by atoms with Crippen molar-refractivity contribution in [2.75, 3.05) is 0 Å². The number of carbonyl (C=O) groups is 2. The number of hydrogen-bond donors (Lipinski definition) is 3. The van der Waals surface area contributed by atoms with Gasteiger partial charge in [-0.3, -0.25) is 4.79 Å². The van der Waals surface area contributed by atoms with Gasteiger partial charge in [-0.25, -0.2) is 4.79 Å². The lowest BCUT2D eigenvalue weighted by atomic mass is 10.0. The van der Waals surface area contributed by atoms with Crippen LogP contribution < -0.4 is 5.32 Å². The van der Waals surface area contributed by atoms with Crippen LogP contribution in [0.4, 0.5) is 0 Å². The van der Waals surface area contributed by atoms with E-state index in [0.717, 1.165) is 0 Å². The number of nitrogens with one attached hydrogen (secondary N) is 1. The molecule has 0 fully saturated rings. The zero-order valence-corrected chi connectivity index (χ0v) is 10.6. The fourth-order valence-electron chi connectivity index (χ4n) is 1.33. The van der Waals surface area contributed by atoms with Gasteiger partial charge in [0.2, 0.25) is 0 Å². The number of rotatable bonds is 5. The first-order valence-electron chi connectivity index (χ1n) is 4.98. The van der Waals surface area contributed by atoms with Crippen LogP contribution in [0.1, 0.15) is 11.7 Å². The van der Waals surface area contributed by atoms with Crippen molar-refractivity contribution in [2.45, 2.75) is 17.0 Å². The summed E-state index contributed by atoms with van der Waals surface area (Å²) in [5.74, 6) is -2.26. The van der Waals surface area contributed by atoms with E-state index in [-0.39, 0.29) is 0 Å². The van der Waals surface area contributed by atoms with E-state index in [4.69, 9.17) is 28.3 Å². The lowest BCUT2D eigenvalue weighted by Gasteiger charge is -2.20. The molecule has 1 aromatic carbocycles. The van der Waals surface area contributed by atoms with Gasteiger partial charge in [0.25, 0.3) is 5.91 Å². The highest BCUT2D eigenvalue weighted by Crippen LogP contribution is 2.17. The van der Waals surface area contributed by atoms with Crippen molar-refractivity contribution in [1.82, 2.24) is 5.32 Å². The molecule has 98 valence electrons. The number of hydrogen-bond acceptors (Lipinski definition) is 3. The summed E-state index contributed by atoms with van der Waals surface area (Å²) in [6, 6.07) is 6.59. The average Bonchev–Trinajstić information content (AvgIpc) is 2.35. The highest BCUT2D eigenvalue weighted by molar-refractivity contribution is 6.53.